The molecule has 0 aromatic carbocycles. The van der Waals surface area contributed by atoms with Gasteiger partial charge >= 0.3 is 0 Å². The van der Waals surface area contributed by atoms with Gasteiger partial charge in [-0.05, 0) is 6.92 Å². The minimum atomic E-state index is -0.677. The van der Waals surface area contributed by atoms with Crippen molar-refractivity contribution in [3.05, 3.63) is 11.6 Å². The van der Waals surface area contributed by atoms with Crippen molar-refractivity contribution >= 4 is 0 Å². The lowest BCUT2D eigenvalue weighted by molar-refractivity contribution is 0.326. The van der Waals surface area contributed by atoms with Crippen LogP contribution in [0.5, 0.6) is 0 Å². The number of nitrogens with one attached hydrogen (secondary N) is 1. The zero-order valence-corrected chi connectivity index (χ0v) is 5.65. The van der Waals surface area contributed by atoms with Crippen molar-refractivity contribution in [2.75, 3.05) is 13.1 Å². The fourth-order valence-electron chi connectivity index (χ4n) is 0.991. The van der Waals surface area contributed by atoms with Crippen LogP contribution in [-0.4, -0.2) is 19.3 Å². The molecule has 0 fully saturated rings. The highest BCUT2D eigenvalue weighted by Gasteiger charge is 2.08. The molecular weight excluding hydrogens is 117 g/mol. The number of allylic oxidation sites excluding steroid dienone is 1. The van der Waals surface area contributed by atoms with Gasteiger partial charge in [0.2, 0.25) is 0 Å². The smallest absolute Gasteiger partial charge is 0.116 e. The predicted octanol–water partition coefficient (Wildman–Crippen LogP) is 1.26. The second-order valence-corrected chi connectivity index (χ2v) is 2.51. The average molecular weight is 129 g/mol. The van der Waals surface area contributed by atoms with Crippen molar-refractivity contribution in [3.63, 3.8) is 0 Å². The summed E-state index contributed by atoms with van der Waals surface area (Å²) in [5.41, 5.74) is 1.16. The Morgan fingerprint density at radius 2 is 2.56 bits per heavy atom. The Bertz CT molecular complexity index is 120. The number of alkyl halides is 1. The molecule has 9 heavy (non-hydrogen) atoms. The van der Waals surface area contributed by atoms with Crippen molar-refractivity contribution in [2.45, 2.75) is 19.5 Å². The third kappa shape index (κ3) is 2.14. The Balaban J connectivity index is 2.44. The average Bonchev–Trinajstić information content (AvgIpc) is 1.93. The van der Waals surface area contributed by atoms with Crippen LogP contribution in [-0.2, 0) is 0 Å². The number of halogens is 1. The topological polar surface area (TPSA) is 12.0 Å². The molecule has 1 rings (SSSR count). The summed E-state index contributed by atoms with van der Waals surface area (Å²) in [5, 5.41) is 2.98. The van der Waals surface area contributed by atoms with E-state index in [1.807, 2.05) is 13.0 Å². The van der Waals surface area contributed by atoms with Crippen LogP contribution in [0.25, 0.3) is 0 Å². The highest BCUT2D eigenvalue weighted by atomic mass is 19.1. The molecule has 1 aliphatic heterocycles. The van der Waals surface area contributed by atoms with Crippen LogP contribution in [0.1, 0.15) is 13.3 Å². The van der Waals surface area contributed by atoms with E-state index in [0.717, 1.165) is 12.1 Å². The summed E-state index contributed by atoms with van der Waals surface area (Å²) in [7, 11) is 0. The Labute approximate surface area is 54.9 Å². The van der Waals surface area contributed by atoms with E-state index in [0.29, 0.717) is 13.0 Å². The number of rotatable bonds is 0. The van der Waals surface area contributed by atoms with E-state index in [1.54, 1.807) is 0 Å². The van der Waals surface area contributed by atoms with Crippen LogP contribution >= 0.6 is 0 Å². The molecule has 0 aromatic rings. The molecule has 0 spiro atoms. The second-order valence-electron chi connectivity index (χ2n) is 2.51. The van der Waals surface area contributed by atoms with Gasteiger partial charge in [0.25, 0.3) is 0 Å². The summed E-state index contributed by atoms with van der Waals surface area (Å²) in [6.07, 6.45) is 1.97. The summed E-state index contributed by atoms with van der Waals surface area (Å²) in [5.74, 6) is 0. The first kappa shape index (κ1) is 6.75. The van der Waals surface area contributed by atoms with Gasteiger partial charge in [0, 0.05) is 19.5 Å². The van der Waals surface area contributed by atoms with Crippen molar-refractivity contribution in [1.82, 2.24) is 5.32 Å². The lowest BCUT2D eigenvalue weighted by Crippen LogP contribution is -2.21. The molecule has 1 unspecified atom stereocenters. The van der Waals surface area contributed by atoms with Gasteiger partial charge in [-0.1, -0.05) is 11.6 Å². The maximum atomic E-state index is 12.6. The first-order valence-corrected chi connectivity index (χ1v) is 3.29. The predicted molar refractivity (Wildman–Crippen MR) is 36.1 cm³/mol. The monoisotopic (exact) mass is 129 g/mol. The second kappa shape index (κ2) is 2.97. The first-order valence-electron chi connectivity index (χ1n) is 3.29. The minimum Gasteiger partial charge on any atom is -0.310 e. The largest absolute Gasteiger partial charge is 0.310 e. The standard InChI is InChI=1S/C7H12FN/c1-6-2-3-9-5-7(8)4-6/h2,7,9H,3-5H2,1H3. The maximum absolute atomic E-state index is 12.6. The minimum absolute atomic E-state index is 0.508. The quantitative estimate of drug-likeness (QED) is 0.485. The lowest BCUT2D eigenvalue weighted by Gasteiger charge is -2.02. The molecule has 0 amide bonds. The van der Waals surface area contributed by atoms with E-state index in [4.69, 9.17) is 0 Å². The van der Waals surface area contributed by atoms with Gasteiger partial charge in [-0.3, -0.25) is 0 Å². The Kier molecular flexibility index (Phi) is 2.22. The van der Waals surface area contributed by atoms with Crippen molar-refractivity contribution < 1.29 is 4.39 Å². The lowest BCUT2D eigenvalue weighted by atomic mass is 10.1. The van der Waals surface area contributed by atoms with Gasteiger partial charge in [-0.25, -0.2) is 4.39 Å². The number of hydrogen-bond acceptors (Lipinski definition) is 1. The third-order valence-corrected chi connectivity index (χ3v) is 1.50. The molecule has 1 nitrogen and oxygen atoms in total. The van der Waals surface area contributed by atoms with Gasteiger partial charge in [-0.15, -0.1) is 0 Å². The molecule has 0 saturated heterocycles. The Morgan fingerprint density at radius 1 is 1.78 bits per heavy atom. The fraction of sp³-hybridized carbons (Fsp3) is 0.714. The van der Waals surface area contributed by atoms with E-state index in [9.17, 15) is 4.39 Å². The normalized spacial score (nSPS) is 29.1. The molecule has 0 saturated carbocycles. The molecule has 2 heteroatoms. The van der Waals surface area contributed by atoms with Gasteiger partial charge in [-0.2, -0.15) is 0 Å². The highest BCUT2D eigenvalue weighted by molar-refractivity contribution is 5.03. The van der Waals surface area contributed by atoms with Crippen LogP contribution in [0, 0.1) is 0 Å². The molecule has 1 atom stereocenters. The van der Waals surface area contributed by atoms with Crippen LogP contribution in [0.15, 0.2) is 11.6 Å². The Hall–Kier alpha value is -0.370. The van der Waals surface area contributed by atoms with Crippen LogP contribution in [0.2, 0.25) is 0 Å². The molecule has 0 aliphatic carbocycles. The molecule has 1 aliphatic rings. The van der Waals surface area contributed by atoms with Crippen LogP contribution in [0.4, 0.5) is 4.39 Å². The van der Waals surface area contributed by atoms with Crippen molar-refractivity contribution in [2.24, 2.45) is 0 Å². The highest BCUT2D eigenvalue weighted by Crippen LogP contribution is 2.08. The zero-order valence-electron chi connectivity index (χ0n) is 5.65. The fourth-order valence-corrected chi connectivity index (χ4v) is 0.991. The summed E-state index contributed by atoms with van der Waals surface area (Å²) in [4.78, 5) is 0. The SMILES string of the molecule is CC1=CCNCC(F)C1. The molecule has 0 bridgehead atoms. The Morgan fingerprint density at radius 3 is 3.33 bits per heavy atom. The van der Waals surface area contributed by atoms with E-state index in [1.165, 1.54) is 0 Å². The van der Waals surface area contributed by atoms with Crippen LogP contribution in [0.3, 0.4) is 0 Å². The van der Waals surface area contributed by atoms with Gasteiger partial charge < -0.3 is 5.32 Å². The van der Waals surface area contributed by atoms with Crippen molar-refractivity contribution in [1.29, 1.82) is 0 Å². The van der Waals surface area contributed by atoms with Gasteiger partial charge in [0.05, 0.1) is 0 Å². The summed E-state index contributed by atoms with van der Waals surface area (Å²) in [6, 6.07) is 0. The van der Waals surface area contributed by atoms with Crippen LogP contribution < -0.4 is 5.32 Å². The maximum Gasteiger partial charge on any atom is 0.116 e. The van der Waals surface area contributed by atoms with Crippen molar-refractivity contribution in [3.8, 4) is 0 Å². The summed E-state index contributed by atoms with van der Waals surface area (Å²) < 4.78 is 12.6. The van der Waals surface area contributed by atoms with E-state index in [-0.39, 0.29) is 0 Å². The molecule has 1 heterocycles. The molecule has 0 aromatic heterocycles. The van der Waals surface area contributed by atoms with Gasteiger partial charge in [0.1, 0.15) is 6.17 Å². The number of hydrogen-bond donors (Lipinski definition) is 1. The molecule has 0 radical (unpaired) electrons. The zero-order chi connectivity index (χ0) is 6.69. The summed E-state index contributed by atoms with van der Waals surface area (Å²) >= 11 is 0. The van der Waals surface area contributed by atoms with E-state index in [2.05, 4.69) is 5.32 Å². The van der Waals surface area contributed by atoms with E-state index >= 15 is 0 Å². The van der Waals surface area contributed by atoms with E-state index < -0.39 is 6.17 Å². The molecular formula is C7H12FN. The molecule has 52 valence electrons. The molecule has 1 N–H and O–H groups in total. The first-order chi connectivity index (χ1) is 4.29. The third-order valence-electron chi connectivity index (χ3n) is 1.50. The van der Waals surface area contributed by atoms with Gasteiger partial charge in [0.15, 0.2) is 0 Å². The summed E-state index contributed by atoms with van der Waals surface area (Å²) in [6.45, 7) is 3.31.